The van der Waals surface area contributed by atoms with Gasteiger partial charge in [-0.15, -0.1) is 0 Å². The molecule has 0 aromatic carbocycles. The van der Waals surface area contributed by atoms with Crippen LogP contribution in [0.5, 0.6) is 0 Å². The van der Waals surface area contributed by atoms with Gasteiger partial charge in [0, 0.05) is 12.6 Å². The van der Waals surface area contributed by atoms with Crippen molar-refractivity contribution in [3.8, 4) is 0 Å². The second kappa shape index (κ2) is 3.29. The summed E-state index contributed by atoms with van der Waals surface area (Å²) in [6.07, 6.45) is 5.70. The maximum Gasteiger partial charge on any atom is 0.227 e. The third-order valence-corrected chi connectivity index (χ3v) is 3.22. The molecule has 2 rings (SSSR count). The van der Waals surface area contributed by atoms with E-state index in [1.165, 1.54) is 19.3 Å². The summed E-state index contributed by atoms with van der Waals surface area (Å²) in [6, 6.07) is 0.502. The lowest BCUT2D eigenvalue weighted by Crippen LogP contribution is -2.51. The number of carbonyl (C=O) groups is 1. The third kappa shape index (κ3) is 1.70. The van der Waals surface area contributed by atoms with Gasteiger partial charge in [0.15, 0.2) is 0 Å². The molecule has 0 heterocycles. The van der Waals surface area contributed by atoms with Crippen molar-refractivity contribution in [2.24, 2.45) is 5.41 Å². The molecule has 2 aliphatic rings. The van der Waals surface area contributed by atoms with Crippen LogP contribution in [0.4, 0.5) is 0 Å². The molecule has 2 aliphatic carbocycles. The Morgan fingerprint density at radius 1 is 1.46 bits per heavy atom. The van der Waals surface area contributed by atoms with Gasteiger partial charge in [0.25, 0.3) is 0 Å². The van der Waals surface area contributed by atoms with Crippen LogP contribution in [0.2, 0.25) is 0 Å². The number of carbonyl (C=O) groups excluding carboxylic acids is 1. The van der Waals surface area contributed by atoms with Crippen molar-refractivity contribution in [1.29, 1.82) is 0 Å². The Kier molecular flexibility index (Phi) is 2.28. The van der Waals surface area contributed by atoms with E-state index in [0.29, 0.717) is 6.04 Å². The summed E-state index contributed by atoms with van der Waals surface area (Å²) in [5.74, 6) is 0.288. The van der Waals surface area contributed by atoms with E-state index < -0.39 is 0 Å². The number of rotatable bonds is 4. The Morgan fingerprint density at radius 2 is 2.15 bits per heavy atom. The van der Waals surface area contributed by atoms with Crippen molar-refractivity contribution in [3.63, 3.8) is 0 Å². The Morgan fingerprint density at radius 3 is 2.54 bits per heavy atom. The van der Waals surface area contributed by atoms with Gasteiger partial charge in [-0.2, -0.15) is 0 Å². The summed E-state index contributed by atoms with van der Waals surface area (Å²) < 4.78 is 0. The van der Waals surface area contributed by atoms with Gasteiger partial charge in [-0.3, -0.25) is 4.79 Å². The summed E-state index contributed by atoms with van der Waals surface area (Å²) in [5.41, 5.74) is -0.0582. The predicted octanol–water partition coefficient (Wildman–Crippen LogP) is 0.655. The summed E-state index contributed by atoms with van der Waals surface area (Å²) in [6.45, 7) is 0.839. The molecule has 13 heavy (non-hydrogen) atoms. The number of nitrogens with one attached hydrogen (secondary N) is 2. The first kappa shape index (κ1) is 9.00. The zero-order valence-electron chi connectivity index (χ0n) is 8.23. The molecular weight excluding hydrogens is 164 g/mol. The SMILES string of the molecule is CNCC1(C(=O)NC2CC2)CCC1. The highest BCUT2D eigenvalue weighted by molar-refractivity contribution is 5.84. The molecule has 0 saturated heterocycles. The Bertz CT molecular complexity index is 207. The molecule has 0 radical (unpaired) electrons. The molecule has 0 aromatic heterocycles. The second-order valence-electron chi connectivity index (χ2n) is 4.41. The van der Waals surface area contributed by atoms with Crippen LogP contribution in [-0.2, 0) is 4.79 Å². The quantitative estimate of drug-likeness (QED) is 0.670. The summed E-state index contributed by atoms with van der Waals surface area (Å²) in [7, 11) is 1.92. The van der Waals surface area contributed by atoms with E-state index in [0.717, 1.165) is 19.4 Å². The van der Waals surface area contributed by atoms with Gasteiger partial charge >= 0.3 is 0 Å². The molecule has 0 aliphatic heterocycles. The summed E-state index contributed by atoms with van der Waals surface area (Å²) in [5, 5.41) is 6.23. The monoisotopic (exact) mass is 182 g/mol. The van der Waals surface area contributed by atoms with E-state index in [4.69, 9.17) is 0 Å². The fraction of sp³-hybridized carbons (Fsp3) is 0.900. The minimum atomic E-state index is -0.0582. The predicted molar refractivity (Wildman–Crippen MR) is 51.4 cm³/mol. The fourth-order valence-electron chi connectivity index (χ4n) is 1.99. The zero-order valence-corrected chi connectivity index (χ0v) is 8.23. The highest BCUT2D eigenvalue weighted by Crippen LogP contribution is 2.41. The van der Waals surface area contributed by atoms with Gasteiger partial charge < -0.3 is 10.6 Å². The van der Waals surface area contributed by atoms with Crippen LogP contribution in [-0.4, -0.2) is 25.5 Å². The van der Waals surface area contributed by atoms with Crippen LogP contribution >= 0.6 is 0 Å². The van der Waals surface area contributed by atoms with Gasteiger partial charge in [0.1, 0.15) is 0 Å². The van der Waals surface area contributed by atoms with Crippen molar-refractivity contribution >= 4 is 5.91 Å². The molecule has 0 unspecified atom stereocenters. The van der Waals surface area contributed by atoms with Crippen molar-refractivity contribution in [2.75, 3.05) is 13.6 Å². The molecule has 2 fully saturated rings. The Labute approximate surface area is 79.3 Å². The number of hydrogen-bond donors (Lipinski definition) is 2. The second-order valence-corrected chi connectivity index (χ2v) is 4.41. The first-order valence-corrected chi connectivity index (χ1v) is 5.22. The molecule has 2 N–H and O–H groups in total. The van der Waals surface area contributed by atoms with E-state index in [9.17, 15) is 4.79 Å². The van der Waals surface area contributed by atoms with E-state index in [1.807, 2.05) is 7.05 Å². The molecule has 3 heteroatoms. The van der Waals surface area contributed by atoms with Crippen molar-refractivity contribution in [2.45, 2.75) is 38.1 Å². The lowest BCUT2D eigenvalue weighted by atomic mass is 9.68. The van der Waals surface area contributed by atoms with Crippen LogP contribution < -0.4 is 10.6 Å². The van der Waals surface area contributed by atoms with Crippen LogP contribution in [0.25, 0.3) is 0 Å². The Hall–Kier alpha value is -0.570. The largest absolute Gasteiger partial charge is 0.353 e. The fourth-order valence-corrected chi connectivity index (χ4v) is 1.99. The van der Waals surface area contributed by atoms with Gasteiger partial charge in [-0.05, 0) is 32.7 Å². The number of amides is 1. The minimum Gasteiger partial charge on any atom is -0.353 e. The summed E-state index contributed by atoms with van der Waals surface area (Å²) in [4.78, 5) is 11.8. The molecular formula is C10H18N2O. The number of hydrogen-bond acceptors (Lipinski definition) is 2. The van der Waals surface area contributed by atoms with Crippen LogP contribution in [0.15, 0.2) is 0 Å². The zero-order chi connectivity index (χ0) is 9.31. The first-order valence-electron chi connectivity index (χ1n) is 5.22. The molecule has 0 atom stereocenters. The molecule has 0 spiro atoms. The topological polar surface area (TPSA) is 41.1 Å². The van der Waals surface area contributed by atoms with Gasteiger partial charge in [-0.1, -0.05) is 6.42 Å². The highest BCUT2D eigenvalue weighted by atomic mass is 16.2. The van der Waals surface area contributed by atoms with Crippen LogP contribution in [0.1, 0.15) is 32.1 Å². The normalized spacial score (nSPS) is 25.0. The van der Waals surface area contributed by atoms with Crippen LogP contribution in [0.3, 0.4) is 0 Å². The smallest absolute Gasteiger partial charge is 0.227 e. The van der Waals surface area contributed by atoms with Crippen molar-refractivity contribution in [3.05, 3.63) is 0 Å². The third-order valence-electron chi connectivity index (χ3n) is 3.22. The van der Waals surface area contributed by atoms with Gasteiger partial charge in [-0.25, -0.2) is 0 Å². The first-order chi connectivity index (χ1) is 6.27. The highest BCUT2D eigenvalue weighted by Gasteiger charge is 2.44. The lowest BCUT2D eigenvalue weighted by Gasteiger charge is -2.40. The molecule has 74 valence electrons. The van der Waals surface area contributed by atoms with E-state index in [2.05, 4.69) is 10.6 Å². The molecule has 3 nitrogen and oxygen atoms in total. The van der Waals surface area contributed by atoms with Crippen molar-refractivity contribution < 1.29 is 4.79 Å². The average molecular weight is 182 g/mol. The molecule has 2 saturated carbocycles. The van der Waals surface area contributed by atoms with E-state index in [1.54, 1.807) is 0 Å². The van der Waals surface area contributed by atoms with Crippen LogP contribution in [0, 0.1) is 5.41 Å². The van der Waals surface area contributed by atoms with E-state index in [-0.39, 0.29) is 11.3 Å². The Balaban J connectivity index is 1.89. The molecule has 1 amide bonds. The van der Waals surface area contributed by atoms with Gasteiger partial charge in [0.05, 0.1) is 5.41 Å². The molecule has 0 aromatic rings. The summed E-state index contributed by atoms with van der Waals surface area (Å²) >= 11 is 0. The standard InChI is InChI=1S/C10H18N2O/c1-11-7-10(5-2-6-10)9(13)12-8-3-4-8/h8,11H,2-7H2,1H3,(H,12,13). The van der Waals surface area contributed by atoms with Crippen molar-refractivity contribution in [1.82, 2.24) is 10.6 Å². The maximum absolute atomic E-state index is 11.8. The minimum absolute atomic E-state index is 0.0582. The van der Waals surface area contributed by atoms with E-state index >= 15 is 0 Å². The molecule has 0 bridgehead atoms. The maximum atomic E-state index is 11.8. The van der Waals surface area contributed by atoms with Gasteiger partial charge in [0.2, 0.25) is 5.91 Å². The average Bonchev–Trinajstić information content (AvgIpc) is 2.80. The lowest BCUT2D eigenvalue weighted by molar-refractivity contribution is -0.135.